The Morgan fingerprint density at radius 3 is 2.75 bits per heavy atom. The third-order valence-electron chi connectivity index (χ3n) is 2.95. The molecule has 0 fully saturated rings. The Morgan fingerprint density at radius 1 is 1.45 bits per heavy atom. The summed E-state index contributed by atoms with van der Waals surface area (Å²) in [6, 6.07) is 1.63. The van der Waals surface area contributed by atoms with E-state index in [1.165, 1.54) is 4.31 Å². The minimum atomic E-state index is -3.45. The van der Waals surface area contributed by atoms with Crippen LogP contribution >= 0.6 is 11.8 Å². The van der Waals surface area contributed by atoms with Gasteiger partial charge in [-0.05, 0) is 26.1 Å². The fourth-order valence-electron chi connectivity index (χ4n) is 1.76. The lowest BCUT2D eigenvalue weighted by Crippen LogP contribution is -2.29. The number of aryl methyl sites for hydroxylation is 1. The van der Waals surface area contributed by atoms with E-state index in [1.807, 2.05) is 6.26 Å². The number of nitrogens with zero attached hydrogens (tertiary/aromatic N) is 1. The molecule has 0 spiro atoms. The highest BCUT2D eigenvalue weighted by atomic mass is 32.2. The van der Waals surface area contributed by atoms with Gasteiger partial charge in [0.25, 0.3) is 0 Å². The van der Waals surface area contributed by atoms with Gasteiger partial charge < -0.3 is 9.73 Å². The number of hydrogen-bond donors (Lipinski definition) is 1. The highest BCUT2D eigenvalue weighted by molar-refractivity contribution is 7.98. The molecule has 1 aromatic heterocycles. The van der Waals surface area contributed by atoms with E-state index < -0.39 is 10.0 Å². The molecule has 0 atom stereocenters. The molecule has 0 radical (unpaired) electrons. The molecule has 1 rings (SSSR count). The molecule has 20 heavy (non-hydrogen) atoms. The summed E-state index contributed by atoms with van der Waals surface area (Å²) in [4.78, 5) is 0.273. The van der Waals surface area contributed by atoms with Crippen molar-refractivity contribution in [1.82, 2.24) is 9.62 Å². The van der Waals surface area contributed by atoms with Gasteiger partial charge in [0.05, 0.1) is 6.54 Å². The largest absolute Gasteiger partial charge is 0.464 e. The van der Waals surface area contributed by atoms with Gasteiger partial charge in [0.15, 0.2) is 0 Å². The fraction of sp³-hybridized carbons (Fsp3) is 0.692. The van der Waals surface area contributed by atoms with Crippen LogP contribution in [0.15, 0.2) is 15.4 Å². The topological polar surface area (TPSA) is 62.6 Å². The number of hydrogen-bond acceptors (Lipinski definition) is 5. The molecule has 0 bridgehead atoms. The van der Waals surface area contributed by atoms with E-state index in [1.54, 1.807) is 31.8 Å². The van der Waals surface area contributed by atoms with E-state index in [-0.39, 0.29) is 4.90 Å². The molecule has 0 amide bonds. The maximum absolute atomic E-state index is 12.4. The van der Waals surface area contributed by atoms with Crippen LogP contribution in [0, 0.1) is 6.92 Å². The quantitative estimate of drug-likeness (QED) is 0.706. The van der Waals surface area contributed by atoms with Crippen LogP contribution in [0.2, 0.25) is 0 Å². The third-order valence-corrected chi connectivity index (χ3v) is 5.50. The first-order chi connectivity index (χ1) is 9.43. The summed E-state index contributed by atoms with van der Waals surface area (Å²) in [7, 11) is -1.85. The van der Waals surface area contributed by atoms with E-state index in [2.05, 4.69) is 12.2 Å². The van der Waals surface area contributed by atoms with E-state index in [9.17, 15) is 8.42 Å². The van der Waals surface area contributed by atoms with Crippen LogP contribution < -0.4 is 5.32 Å². The highest BCUT2D eigenvalue weighted by Gasteiger charge is 2.25. The first-order valence-corrected chi connectivity index (χ1v) is 9.52. The highest BCUT2D eigenvalue weighted by Crippen LogP contribution is 2.23. The maximum atomic E-state index is 12.4. The average Bonchev–Trinajstić information content (AvgIpc) is 2.78. The summed E-state index contributed by atoms with van der Waals surface area (Å²) in [5.41, 5.74) is 0. The van der Waals surface area contributed by atoms with Gasteiger partial charge in [-0.25, -0.2) is 8.42 Å². The van der Waals surface area contributed by atoms with Gasteiger partial charge in [-0.1, -0.05) is 6.92 Å². The van der Waals surface area contributed by atoms with Crippen LogP contribution in [-0.4, -0.2) is 44.9 Å². The van der Waals surface area contributed by atoms with Gasteiger partial charge >= 0.3 is 0 Å². The van der Waals surface area contributed by atoms with Crippen molar-refractivity contribution in [1.29, 1.82) is 0 Å². The smallest absolute Gasteiger partial charge is 0.246 e. The lowest BCUT2D eigenvalue weighted by Gasteiger charge is -2.15. The van der Waals surface area contributed by atoms with Crippen LogP contribution in [0.3, 0.4) is 0 Å². The van der Waals surface area contributed by atoms with E-state index >= 15 is 0 Å². The lowest BCUT2D eigenvalue weighted by molar-refractivity contribution is 0.453. The third kappa shape index (κ3) is 4.51. The van der Waals surface area contributed by atoms with Crippen LogP contribution in [0.25, 0.3) is 0 Å². The molecular formula is C13H24N2O3S2. The molecule has 0 aliphatic heterocycles. The van der Waals surface area contributed by atoms with Gasteiger partial charge in [-0.2, -0.15) is 16.1 Å². The Balaban J connectivity index is 2.84. The SMILES string of the molecule is CCCNCc1cc(S(=O)(=O)N(C)CCSC)c(C)o1. The lowest BCUT2D eigenvalue weighted by atomic mass is 10.4. The summed E-state index contributed by atoms with van der Waals surface area (Å²) < 4.78 is 31.8. The van der Waals surface area contributed by atoms with Crippen molar-refractivity contribution in [2.45, 2.75) is 31.7 Å². The van der Waals surface area contributed by atoms with Gasteiger partial charge in [0.2, 0.25) is 10.0 Å². The first-order valence-electron chi connectivity index (χ1n) is 6.68. The van der Waals surface area contributed by atoms with Crippen LogP contribution in [0.1, 0.15) is 24.9 Å². The zero-order valence-corrected chi connectivity index (χ0v) is 14.2. The fourth-order valence-corrected chi connectivity index (χ4v) is 3.69. The second-order valence-electron chi connectivity index (χ2n) is 4.63. The molecular weight excluding hydrogens is 296 g/mol. The minimum Gasteiger partial charge on any atom is -0.464 e. The summed E-state index contributed by atoms with van der Waals surface area (Å²) >= 11 is 1.62. The summed E-state index contributed by atoms with van der Waals surface area (Å²) in [6.07, 6.45) is 2.99. The summed E-state index contributed by atoms with van der Waals surface area (Å²) in [6.45, 7) is 5.71. The van der Waals surface area contributed by atoms with Crippen molar-refractivity contribution in [3.8, 4) is 0 Å². The number of thioether (sulfide) groups is 1. The number of sulfonamides is 1. The molecule has 1 aromatic rings. The zero-order valence-electron chi connectivity index (χ0n) is 12.6. The van der Waals surface area contributed by atoms with Crippen molar-refractivity contribution >= 4 is 21.8 Å². The Bertz CT molecular complexity index is 512. The molecule has 0 aliphatic carbocycles. The van der Waals surface area contributed by atoms with Gasteiger partial charge in [0, 0.05) is 25.4 Å². The second-order valence-corrected chi connectivity index (χ2v) is 7.63. The predicted octanol–water partition coefficient (Wildman–Crippen LogP) is 2.07. The summed E-state index contributed by atoms with van der Waals surface area (Å²) in [5, 5.41) is 3.20. The first kappa shape index (κ1) is 17.6. The average molecular weight is 320 g/mol. The molecule has 116 valence electrons. The van der Waals surface area contributed by atoms with Crippen LogP contribution in [0.4, 0.5) is 0 Å². The molecule has 0 saturated heterocycles. The van der Waals surface area contributed by atoms with Crippen molar-refractivity contribution in [2.75, 3.05) is 32.1 Å². The molecule has 0 unspecified atom stereocenters. The molecule has 1 N–H and O–H groups in total. The molecule has 0 aromatic carbocycles. The van der Waals surface area contributed by atoms with Gasteiger partial charge in [0.1, 0.15) is 16.4 Å². The molecule has 5 nitrogen and oxygen atoms in total. The zero-order chi connectivity index (χ0) is 15.2. The second kappa shape index (κ2) is 8.07. The Labute approximate surface area is 126 Å². The number of rotatable bonds is 9. The molecule has 0 aliphatic rings. The minimum absolute atomic E-state index is 0.273. The standard InChI is InChI=1S/C13H24N2O3S2/c1-5-6-14-10-12-9-13(11(2)18-12)20(16,17)15(3)7-8-19-4/h9,14H,5-8,10H2,1-4H3. The monoisotopic (exact) mass is 320 g/mol. The Morgan fingerprint density at radius 2 is 2.15 bits per heavy atom. The van der Waals surface area contributed by atoms with E-state index in [0.717, 1.165) is 18.7 Å². The van der Waals surface area contributed by atoms with Crippen molar-refractivity contribution in [2.24, 2.45) is 0 Å². The van der Waals surface area contributed by atoms with Crippen molar-refractivity contribution in [3.63, 3.8) is 0 Å². The molecule has 7 heteroatoms. The van der Waals surface area contributed by atoms with Gasteiger partial charge in [-0.3, -0.25) is 0 Å². The van der Waals surface area contributed by atoms with E-state index in [4.69, 9.17) is 4.42 Å². The predicted molar refractivity (Wildman–Crippen MR) is 83.6 cm³/mol. The number of furan rings is 1. The Kier molecular flexibility index (Phi) is 7.08. The van der Waals surface area contributed by atoms with Crippen molar-refractivity contribution < 1.29 is 12.8 Å². The van der Waals surface area contributed by atoms with Crippen molar-refractivity contribution in [3.05, 3.63) is 17.6 Å². The van der Waals surface area contributed by atoms with Gasteiger partial charge in [-0.15, -0.1) is 0 Å². The maximum Gasteiger partial charge on any atom is 0.246 e. The normalized spacial score (nSPS) is 12.2. The summed E-state index contributed by atoms with van der Waals surface area (Å²) in [5.74, 6) is 1.89. The Hall–Kier alpha value is -0.500. The van der Waals surface area contributed by atoms with E-state index in [0.29, 0.717) is 24.6 Å². The molecule has 0 saturated carbocycles. The number of nitrogens with one attached hydrogen (secondary N) is 1. The molecule has 1 heterocycles. The van der Waals surface area contributed by atoms with Crippen LogP contribution in [0.5, 0.6) is 0 Å². The van der Waals surface area contributed by atoms with Crippen LogP contribution in [-0.2, 0) is 16.6 Å².